The molecular weight excluding hydrogens is 410 g/mol. The number of halogens is 1. The number of benzene rings is 1. The van der Waals surface area contributed by atoms with E-state index in [1.54, 1.807) is 26.8 Å². The Morgan fingerprint density at radius 3 is 2.54 bits per heavy atom. The normalized spacial score (nSPS) is 19.3. The Morgan fingerprint density at radius 1 is 1.29 bits per heavy atom. The lowest BCUT2D eigenvalue weighted by atomic mass is 10.2. The molecule has 0 amide bonds. The van der Waals surface area contributed by atoms with Crippen molar-refractivity contribution in [1.29, 1.82) is 0 Å². The van der Waals surface area contributed by atoms with E-state index < -0.39 is 10.0 Å². The van der Waals surface area contributed by atoms with Gasteiger partial charge < -0.3 is 4.57 Å². The molecule has 1 fully saturated rings. The third kappa shape index (κ3) is 3.29. The van der Waals surface area contributed by atoms with Gasteiger partial charge in [-0.25, -0.2) is 13.4 Å². The summed E-state index contributed by atoms with van der Waals surface area (Å²) in [6.45, 7) is 4.52. The van der Waals surface area contributed by atoms with Gasteiger partial charge >= 0.3 is 0 Å². The zero-order valence-corrected chi connectivity index (χ0v) is 17.0. The molecule has 1 aromatic heterocycles. The average molecular weight is 430 g/mol. The molecule has 0 saturated carbocycles. The van der Waals surface area contributed by atoms with Crippen LogP contribution in [-0.2, 0) is 17.1 Å². The van der Waals surface area contributed by atoms with Gasteiger partial charge in [-0.3, -0.25) is 0 Å². The zero-order chi connectivity index (χ0) is 17.5. The number of aryl methyl sites for hydroxylation is 1. The van der Waals surface area contributed by atoms with Gasteiger partial charge in [0.15, 0.2) is 5.03 Å². The minimum absolute atomic E-state index is 0.137. The molecule has 24 heavy (non-hydrogen) atoms. The molecule has 0 radical (unpaired) electrons. The number of hydrogen-bond acceptors (Lipinski definition) is 4. The van der Waals surface area contributed by atoms with E-state index in [2.05, 4.69) is 20.9 Å². The van der Waals surface area contributed by atoms with E-state index in [0.717, 1.165) is 21.6 Å². The lowest BCUT2D eigenvalue weighted by molar-refractivity contribution is 0.432. The van der Waals surface area contributed by atoms with Crippen molar-refractivity contribution in [3.05, 3.63) is 46.3 Å². The highest BCUT2D eigenvalue weighted by Crippen LogP contribution is 2.41. The van der Waals surface area contributed by atoms with Gasteiger partial charge in [0, 0.05) is 35.9 Å². The van der Waals surface area contributed by atoms with Crippen molar-refractivity contribution in [2.24, 2.45) is 7.05 Å². The molecule has 3 rings (SSSR count). The first kappa shape index (κ1) is 18.0. The molecule has 1 aliphatic rings. The Hall–Kier alpha value is -0.830. The van der Waals surface area contributed by atoms with Gasteiger partial charge in [0.05, 0.1) is 5.37 Å². The Balaban J connectivity index is 1.96. The van der Waals surface area contributed by atoms with Crippen LogP contribution >= 0.6 is 27.7 Å². The monoisotopic (exact) mass is 429 g/mol. The second-order valence-corrected chi connectivity index (χ2v) is 10.0. The number of sulfonamides is 1. The summed E-state index contributed by atoms with van der Waals surface area (Å²) >= 11 is 5.06. The van der Waals surface area contributed by atoms with Gasteiger partial charge in [-0.2, -0.15) is 4.31 Å². The van der Waals surface area contributed by atoms with E-state index in [1.807, 2.05) is 45.2 Å². The molecular formula is C16H20BrN3O2S2. The minimum atomic E-state index is -3.61. The molecule has 130 valence electrons. The highest BCUT2D eigenvalue weighted by molar-refractivity contribution is 9.10. The fraction of sp³-hybridized carbons (Fsp3) is 0.438. The summed E-state index contributed by atoms with van der Waals surface area (Å²) < 4.78 is 30.5. The summed E-state index contributed by atoms with van der Waals surface area (Å²) in [4.78, 5) is 4.38. The van der Waals surface area contributed by atoms with Crippen LogP contribution in [0.15, 0.2) is 40.0 Å². The van der Waals surface area contributed by atoms with Crippen molar-refractivity contribution in [2.45, 2.75) is 30.2 Å². The molecule has 2 heterocycles. The summed E-state index contributed by atoms with van der Waals surface area (Å²) in [6.07, 6.45) is 1.62. The third-order valence-corrected chi connectivity index (χ3v) is 7.64. The first-order valence-corrected chi connectivity index (χ1v) is 11.0. The molecule has 8 heteroatoms. The summed E-state index contributed by atoms with van der Waals surface area (Å²) in [7, 11) is -1.77. The fourth-order valence-corrected chi connectivity index (χ4v) is 6.32. The summed E-state index contributed by atoms with van der Waals surface area (Å²) in [5, 5.41) is -0.0640. The molecule has 2 aromatic rings. The zero-order valence-electron chi connectivity index (χ0n) is 13.8. The number of nitrogens with zero attached hydrogens (tertiary/aromatic N) is 3. The molecule has 0 bridgehead atoms. The number of thioether (sulfide) groups is 1. The number of rotatable bonds is 4. The van der Waals surface area contributed by atoms with Crippen molar-refractivity contribution in [3.63, 3.8) is 0 Å². The van der Waals surface area contributed by atoms with E-state index in [1.165, 1.54) is 0 Å². The van der Waals surface area contributed by atoms with Crippen LogP contribution in [0.5, 0.6) is 0 Å². The van der Waals surface area contributed by atoms with Gasteiger partial charge in [0.1, 0.15) is 5.82 Å². The third-order valence-electron chi connectivity index (χ3n) is 3.98. The molecule has 0 spiro atoms. The van der Waals surface area contributed by atoms with Gasteiger partial charge in [-0.05, 0) is 17.7 Å². The van der Waals surface area contributed by atoms with Crippen LogP contribution in [0, 0.1) is 0 Å². The minimum Gasteiger partial charge on any atom is -0.336 e. The van der Waals surface area contributed by atoms with Crippen LogP contribution < -0.4 is 0 Å². The lowest BCUT2D eigenvalue weighted by Gasteiger charge is -2.22. The number of aromatic nitrogens is 2. The largest absolute Gasteiger partial charge is 0.336 e. The first-order valence-electron chi connectivity index (χ1n) is 7.73. The summed E-state index contributed by atoms with van der Waals surface area (Å²) in [5.74, 6) is 1.74. The van der Waals surface area contributed by atoms with Crippen molar-refractivity contribution < 1.29 is 8.42 Å². The molecule has 1 aromatic carbocycles. The maximum absolute atomic E-state index is 13.1. The average Bonchev–Trinajstić information content (AvgIpc) is 3.15. The molecule has 1 atom stereocenters. The van der Waals surface area contributed by atoms with Gasteiger partial charge in [0.25, 0.3) is 10.0 Å². The standard InChI is InChI=1S/C16H20BrN3O2S2/c1-11(2)15-18-14(10-19(15)3)24(21,22)20-8-9-23-16(20)12-4-6-13(17)7-5-12/h4-7,10-11,16H,8-9H2,1-3H3. The number of imidazole rings is 1. The second-order valence-electron chi connectivity index (χ2n) is 6.09. The molecule has 0 aliphatic carbocycles. The highest BCUT2D eigenvalue weighted by Gasteiger charge is 2.38. The van der Waals surface area contributed by atoms with Crippen LogP contribution in [0.2, 0.25) is 0 Å². The van der Waals surface area contributed by atoms with Crippen molar-refractivity contribution in [1.82, 2.24) is 13.9 Å². The topological polar surface area (TPSA) is 55.2 Å². The fourth-order valence-electron chi connectivity index (χ4n) is 2.82. The Kier molecular flexibility index (Phi) is 5.11. The van der Waals surface area contributed by atoms with Crippen LogP contribution in [0.1, 0.15) is 36.5 Å². The maximum Gasteiger partial charge on any atom is 0.263 e. The van der Waals surface area contributed by atoms with E-state index in [9.17, 15) is 8.42 Å². The summed E-state index contributed by atoms with van der Waals surface area (Å²) in [6, 6.07) is 7.81. The predicted molar refractivity (Wildman–Crippen MR) is 101 cm³/mol. The molecule has 1 unspecified atom stereocenters. The molecule has 1 aliphatic heterocycles. The Bertz CT molecular complexity index is 832. The smallest absolute Gasteiger partial charge is 0.263 e. The Labute approximate surface area is 155 Å². The van der Waals surface area contributed by atoms with Crippen LogP contribution in [0.3, 0.4) is 0 Å². The van der Waals surface area contributed by atoms with Crippen LogP contribution in [-0.4, -0.2) is 34.6 Å². The van der Waals surface area contributed by atoms with Crippen molar-refractivity contribution in [3.8, 4) is 0 Å². The van der Waals surface area contributed by atoms with Gasteiger partial charge in [-0.15, -0.1) is 11.8 Å². The van der Waals surface area contributed by atoms with Gasteiger partial charge in [-0.1, -0.05) is 41.9 Å². The lowest BCUT2D eigenvalue weighted by Crippen LogP contribution is -2.30. The summed E-state index contributed by atoms with van der Waals surface area (Å²) in [5.41, 5.74) is 0.990. The van der Waals surface area contributed by atoms with E-state index in [4.69, 9.17) is 0 Å². The molecule has 5 nitrogen and oxygen atoms in total. The van der Waals surface area contributed by atoms with Gasteiger partial charge in [0.2, 0.25) is 0 Å². The quantitative estimate of drug-likeness (QED) is 0.742. The predicted octanol–water partition coefficient (Wildman–Crippen LogP) is 3.74. The van der Waals surface area contributed by atoms with Crippen molar-refractivity contribution in [2.75, 3.05) is 12.3 Å². The van der Waals surface area contributed by atoms with E-state index >= 15 is 0 Å². The van der Waals surface area contributed by atoms with Crippen molar-refractivity contribution >= 4 is 37.7 Å². The van der Waals surface area contributed by atoms with E-state index in [-0.39, 0.29) is 16.3 Å². The number of hydrogen-bond donors (Lipinski definition) is 0. The maximum atomic E-state index is 13.1. The Morgan fingerprint density at radius 2 is 1.96 bits per heavy atom. The molecule has 0 N–H and O–H groups in total. The molecule has 1 saturated heterocycles. The van der Waals surface area contributed by atoms with Crippen LogP contribution in [0.25, 0.3) is 0 Å². The van der Waals surface area contributed by atoms with E-state index in [0.29, 0.717) is 6.54 Å². The second kappa shape index (κ2) is 6.82. The van der Waals surface area contributed by atoms with Crippen LogP contribution in [0.4, 0.5) is 0 Å². The first-order chi connectivity index (χ1) is 11.3. The highest BCUT2D eigenvalue weighted by atomic mass is 79.9. The SMILES string of the molecule is CC(C)c1nc(S(=O)(=O)N2CCSC2c2ccc(Br)cc2)cn1C.